The Labute approximate surface area is 196 Å². The highest BCUT2D eigenvalue weighted by Crippen LogP contribution is 2.39. The van der Waals surface area contributed by atoms with Gasteiger partial charge >= 0.3 is 0 Å². The molecule has 0 bridgehead atoms. The molecule has 1 nitrogen and oxygen atoms in total. The van der Waals surface area contributed by atoms with Gasteiger partial charge in [-0.05, 0) is 91.1 Å². The number of pyridine rings is 1. The molecule has 2 saturated carbocycles. The minimum absolute atomic E-state index is 0.666. The van der Waals surface area contributed by atoms with Crippen molar-refractivity contribution in [1.82, 2.24) is 0 Å². The molecule has 2 aliphatic rings. The van der Waals surface area contributed by atoms with Crippen molar-refractivity contribution in [2.24, 2.45) is 7.05 Å². The van der Waals surface area contributed by atoms with Gasteiger partial charge in [0, 0.05) is 13.0 Å². The highest BCUT2D eigenvalue weighted by atomic mass is 14.9. The maximum atomic E-state index is 8.98. The van der Waals surface area contributed by atoms with Crippen molar-refractivity contribution in [2.75, 3.05) is 0 Å². The maximum absolute atomic E-state index is 8.98. The van der Waals surface area contributed by atoms with Gasteiger partial charge in [-0.2, -0.15) is 4.57 Å². The number of fused-ring (bicyclic) bond motifs is 1. The van der Waals surface area contributed by atoms with Gasteiger partial charge in [0.25, 0.3) is 0 Å². The predicted octanol–water partition coefficient (Wildman–Crippen LogP) is 8.35. The third-order valence-corrected chi connectivity index (χ3v) is 8.55. The number of nitrogens with zero attached hydrogens (tertiary/aromatic N) is 1. The Hall–Kier alpha value is -2.15. The van der Waals surface area contributed by atoms with Crippen LogP contribution in [0.4, 0.5) is 0 Å². The molecule has 0 saturated heterocycles. The maximum Gasteiger partial charge on any atom is 0.220 e. The lowest BCUT2D eigenvalue weighted by Crippen LogP contribution is -2.35. The van der Waals surface area contributed by atoms with E-state index in [9.17, 15) is 0 Å². The first-order valence-corrected chi connectivity index (χ1v) is 13.0. The molecular weight excluding hydrogens is 386 g/mol. The van der Waals surface area contributed by atoms with E-state index in [1.54, 1.807) is 0 Å². The average Bonchev–Trinajstić information content (AvgIpc) is 2.86. The van der Waals surface area contributed by atoms with Gasteiger partial charge in [-0.15, -0.1) is 0 Å². The van der Waals surface area contributed by atoms with E-state index in [0.717, 1.165) is 11.1 Å². The lowest BCUT2D eigenvalue weighted by atomic mass is 9.81. The minimum atomic E-state index is 0.666. The number of rotatable bonds is 3. The molecule has 2 fully saturated rings. The van der Waals surface area contributed by atoms with Gasteiger partial charge in [-0.3, -0.25) is 0 Å². The SMILES string of the molecule is [2H]c1c(C)[n+](C)c(-c2cc(C3CCCCC3)cc(C)c2C)c2ccc(C3CCCCC3)cc12. The highest BCUT2D eigenvalue weighted by molar-refractivity contribution is 5.94. The van der Waals surface area contributed by atoms with Gasteiger partial charge < -0.3 is 0 Å². The van der Waals surface area contributed by atoms with E-state index in [0.29, 0.717) is 17.9 Å². The van der Waals surface area contributed by atoms with Crippen LogP contribution in [0.3, 0.4) is 0 Å². The molecule has 0 N–H and O–H groups in total. The van der Waals surface area contributed by atoms with Crippen LogP contribution in [0.5, 0.6) is 0 Å². The molecule has 2 aliphatic carbocycles. The predicted molar refractivity (Wildman–Crippen MR) is 136 cm³/mol. The van der Waals surface area contributed by atoms with Gasteiger partial charge in [0.1, 0.15) is 7.05 Å². The van der Waals surface area contributed by atoms with Crippen molar-refractivity contribution in [3.05, 3.63) is 64.3 Å². The number of benzene rings is 2. The van der Waals surface area contributed by atoms with Gasteiger partial charge in [0.2, 0.25) is 5.69 Å². The van der Waals surface area contributed by atoms with Crippen LogP contribution in [0.1, 0.15) is 105 Å². The van der Waals surface area contributed by atoms with E-state index in [1.807, 2.05) is 0 Å². The summed E-state index contributed by atoms with van der Waals surface area (Å²) in [6.07, 6.45) is 13.4. The first-order chi connectivity index (χ1) is 16.0. The molecule has 3 aromatic rings. The van der Waals surface area contributed by atoms with Crippen molar-refractivity contribution >= 4 is 10.8 Å². The topological polar surface area (TPSA) is 3.88 Å². The lowest BCUT2D eigenvalue weighted by molar-refractivity contribution is -0.665. The molecule has 0 spiro atoms. The molecular formula is C31H40N+. The Balaban J connectivity index is 1.70. The highest BCUT2D eigenvalue weighted by Gasteiger charge is 2.24. The van der Waals surface area contributed by atoms with Crippen molar-refractivity contribution in [1.29, 1.82) is 0 Å². The van der Waals surface area contributed by atoms with Crippen molar-refractivity contribution in [3.8, 4) is 11.3 Å². The molecule has 2 aromatic carbocycles. The quantitative estimate of drug-likeness (QED) is 0.370. The first kappa shape index (κ1) is 20.5. The Morgan fingerprint density at radius 3 is 2.06 bits per heavy atom. The summed E-state index contributed by atoms with van der Waals surface area (Å²) in [5.41, 5.74) is 9.43. The van der Waals surface area contributed by atoms with Crippen LogP contribution >= 0.6 is 0 Å². The smallest absolute Gasteiger partial charge is 0.198 e. The Bertz CT molecular complexity index is 1180. The van der Waals surface area contributed by atoms with Crippen LogP contribution in [0.15, 0.2) is 36.4 Å². The molecule has 1 aromatic heterocycles. The second-order valence-corrected chi connectivity index (χ2v) is 10.6. The van der Waals surface area contributed by atoms with E-state index in [-0.39, 0.29) is 0 Å². The fourth-order valence-electron chi connectivity index (χ4n) is 6.32. The fraction of sp³-hybridized carbons (Fsp3) is 0.516. The van der Waals surface area contributed by atoms with Gasteiger partial charge in [0.15, 0.2) is 5.69 Å². The van der Waals surface area contributed by atoms with E-state index in [1.165, 1.54) is 103 Å². The molecule has 5 rings (SSSR count). The zero-order valence-corrected chi connectivity index (χ0v) is 20.6. The van der Waals surface area contributed by atoms with Gasteiger partial charge in [-0.25, -0.2) is 0 Å². The molecule has 0 radical (unpaired) electrons. The molecule has 1 heteroatoms. The average molecular weight is 428 g/mol. The largest absolute Gasteiger partial charge is 0.220 e. The van der Waals surface area contributed by atoms with Gasteiger partial charge in [-0.1, -0.05) is 56.7 Å². The molecule has 0 unspecified atom stereocenters. The summed E-state index contributed by atoms with van der Waals surface area (Å²) in [4.78, 5) is 0. The second-order valence-electron chi connectivity index (χ2n) is 10.6. The summed E-state index contributed by atoms with van der Waals surface area (Å²) in [5, 5.41) is 2.36. The van der Waals surface area contributed by atoms with Crippen molar-refractivity contribution < 1.29 is 5.94 Å². The number of hydrogen-bond donors (Lipinski definition) is 0. The number of hydrogen-bond acceptors (Lipinski definition) is 0. The van der Waals surface area contributed by atoms with Crippen LogP contribution < -0.4 is 4.57 Å². The summed E-state index contributed by atoms with van der Waals surface area (Å²) in [6.45, 7) is 6.67. The molecule has 168 valence electrons. The van der Waals surface area contributed by atoms with Crippen LogP contribution in [0.2, 0.25) is 0 Å². The van der Waals surface area contributed by atoms with E-state index < -0.39 is 0 Å². The summed E-state index contributed by atoms with van der Waals surface area (Å²) in [7, 11) is 2.15. The summed E-state index contributed by atoms with van der Waals surface area (Å²) in [6, 6.07) is 12.7. The van der Waals surface area contributed by atoms with Gasteiger partial charge in [0.05, 0.1) is 12.3 Å². The molecule has 0 atom stereocenters. The standard InChI is InChI=1S/C31H40N/c1-21-17-27(25-13-9-6-10-14-25)20-30(23(21)3)31-29-16-15-26(24-11-7-5-8-12-24)19-28(29)18-22(2)32(31)4/h15-20,24-25H,5-14H2,1-4H3/q+1/i18D. The first-order valence-electron chi connectivity index (χ1n) is 13.5. The second kappa shape index (κ2) is 9.00. The van der Waals surface area contributed by atoms with Crippen molar-refractivity contribution in [3.63, 3.8) is 0 Å². The number of aromatic nitrogens is 1. The summed E-state index contributed by atoms with van der Waals surface area (Å²) in [5.74, 6) is 1.36. The Kier molecular flexibility index (Phi) is 5.76. The number of aryl methyl sites for hydroxylation is 1. The summed E-state index contributed by atoms with van der Waals surface area (Å²) < 4.78 is 11.3. The molecule has 0 amide bonds. The van der Waals surface area contributed by atoms with E-state index >= 15 is 0 Å². The van der Waals surface area contributed by atoms with Crippen LogP contribution in [-0.2, 0) is 7.05 Å². The molecule has 1 heterocycles. The van der Waals surface area contributed by atoms with E-state index in [4.69, 9.17) is 1.37 Å². The third-order valence-electron chi connectivity index (χ3n) is 8.55. The Morgan fingerprint density at radius 2 is 1.41 bits per heavy atom. The van der Waals surface area contributed by atoms with Crippen molar-refractivity contribution in [2.45, 2.75) is 96.8 Å². The molecule has 32 heavy (non-hydrogen) atoms. The van der Waals surface area contributed by atoms with Crippen LogP contribution in [-0.4, -0.2) is 0 Å². The summed E-state index contributed by atoms with van der Waals surface area (Å²) >= 11 is 0. The van der Waals surface area contributed by atoms with Crippen LogP contribution in [0, 0.1) is 20.8 Å². The monoisotopic (exact) mass is 427 g/mol. The zero-order valence-electron chi connectivity index (χ0n) is 21.6. The fourth-order valence-corrected chi connectivity index (χ4v) is 6.32. The molecule has 0 aliphatic heterocycles. The zero-order chi connectivity index (χ0) is 23.1. The Morgan fingerprint density at radius 1 is 0.781 bits per heavy atom. The minimum Gasteiger partial charge on any atom is -0.198 e. The third kappa shape index (κ3) is 4.00. The normalized spacial score (nSPS) is 18.8. The van der Waals surface area contributed by atoms with Crippen LogP contribution in [0.25, 0.3) is 22.0 Å². The van der Waals surface area contributed by atoms with E-state index in [2.05, 4.69) is 62.7 Å². The lowest BCUT2D eigenvalue weighted by Gasteiger charge is -2.24.